The van der Waals surface area contributed by atoms with Gasteiger partial charge in [-0.15, -0.1) is 0 Å². The molecular weight excluding hydrogens is 307 g/mol. The number of piperidine rings is 1. The Labute approximate surface area is 141 Å². The Morgan fingerprint density at radius 2 is 2.00 bits per heavy atom. The summed E-state index contributed by atoms with van der Waals surface area (Å²) in [5, 5.41) is 3.17. The van der Waals surface area contributed by atoms with Crippen LogP contribution in [-0.2, 0) is 0 Å². The van der Waals surface area contributed by atoms with Crippen LogP contribution in [0.5, 0.6) is 0 Å². The standard InChI is InChI=1S/C19H23FN2O2/c1-21-11-8-14-9-12-22(13-10-14)19(23)18-7-6-17(24-18)15-4-2-3-5-16(15)20/h2-7,14,21H,8-13H2,1H3. The van der Waals surface area contributed by atoms with E-state index < -0.39 is 0 Å². The lowest BCUT2D eigenvalue weighted by Crippen LogP contribution is -2.38. The first-order valence-corrected chi connectivity index (χ1v) is 8.47. The predicted octanol–water partition coefficient (Wildman–Crippen LogP) is 3.55. The minimum atomic E-state index is -0.351. The third-order valence-electron chi connectivity index (χ3n) is 4.66. The van der Waals surface area contributed by atoms with Gasteiger partial charge in [0.05, 0.1) is 5.56 Å². The number of hydrogen-bond acceptors (Lipinski definition) is 3. The van der Waals surface area contributed by atoms with Gasteiger partial charge in [0.1, 0.15) is 11.6 Å². The van der Waals surface area contributed by atoms with Crippen LogP contribution < -0.4 is 5.32 Å². The number of nitrogens with one attached hydrogen (secondary N) is 1. The van der Waals surface area contributed by atoms with Crippen LogP contribution in [-0.4, -0.2) is 37.5 Å². The zero-order chi connectivity index (χ0) is 16.9. The van der Waals surface area contributed by atoms with Crippen molar-refractivity contribution in [1.82, 2.24) is 10.2 Å². The number of halogens is 1. The van der Waals surface area contributed by atoms with E-state index in [0.717, 1.165) is 38.9 Å². The number of likely N-dealkylation sites (tertiary alicyclic amines) is 1. The smallest absolute Gasteiger partial charge is 0.289 e. The van der Waals surface area contributed by atoms with Crippen molar-refractivity contribution in [2.75, 3.05) is 26.7 Å². The minimum Gasteiger partial charge on any atom is -0.451 e. The summed E-state index contributed by atoms with van der Waals surface area (Å²) in [4.78, 5) is 14.4. The van der Waals surface area contributed by atoms with E-state index in [-0.39, 0.29) is 17.5 Å². The average Bonchev–Trinajstić information content (AvgIpc) is 3.10. The highest BCUT2D eigenvalue weighted by atomic mass is 19.1. The van der Waals surface area contributed by atoms with Gasteiger partial charge in [-0.1, -0.05) is 12.1 Å². The molecule has 3 rings (SSSR count). The Bertz CT molecular complexity index is 690. The number of nitrogens with zero attached hydrogens (tertiary/aromatic N) is 1. The molecule has 2 heterocycles. The number of carbonyl (C=O) groups is 1. The molecule has 0 bridgehead atoms. The SMILES string of the molecule is CNCCC1CCN(C(=O)c2ccc(-c3ccccc3F)o2)CC1. The minimum absolute atomic E-state index is 0.107. The highest BCUT2D eigenvalue weighted by molar-refractivity contribution is 5.92. The second kappa shape index (κ2) is 7.62. The molecule has 1 aliphatic heterocycles. The zero-order valence-corrected chi connectivity index (χ0v) is 13.9. The van der Waals surface area contributed by atoms with Crippen molar-refractivity contribution in [3.8, 4) is 11.3 Å². The molecule has 2 aromatic rings. The summed E-state index contributed by atoms with van der Waals surface area (Å²) in [6.45, 7) is 2.52. The number of amides is 1. The summed E-state index contributed by atoms with van der Waals surface area (Å²) < 4.78 is 19.4. The van der Waals surface area contributed by atoms with Gasteiger partial charge in [-0.25, -0.2) is 4.39 Å². The fourth-order valence-corrected chi connectivity index (χ4v) is 3.19. The van der Waals surface area contributed by atoms with E-state index >= 15 is 0 Å². The lowest BCUT2D eigenvalue weighted by atomic mass is 9.93. The highest BCUT2D eigenvalue weighted by Gasteiger charge is 2.25. The van der Waals surface area contributed by atoms with Crippen LogP contribution in [0.1, 0.15) is 29.8 Å². The Hall–Kier alpha value is -2.14. The van der Waals surface area contributed by atoms with E-state index in [1.807, 2.05) is 11.9 Å². The molecular formula is C19H23FN2O2. The molecule has 0 unspecified atom stereocenters. The summed E-state index contributed by atoms with van der Waals surface area (Å²) >= 11 is 0. The quantitative estimate of drug-likeness (QED) is 0.912. The summed E-state index contributed by atoms with van der Waals surface area (Å²) in [5.74, 6) is 0.884. The number of furan rings is 1. The fraction of sp³-hybridized carbons (Fsp3) is 0.421. The van der Waals surface area contributed by atoms with E-state index in [1.165, 1.54) is 6.07 Å². The third-order valence-corrected chi connectivity index (χ3v) is 4.66. The van der Waals surface area contributed by atoms with Gasteiger partial charge in [0.15, 0.2) is 5.76 Å². The Balaban J connectivity index is 1.64. The van der Waals surface area contributed by atoms with E-state index in [9.17, 15) is 9.18 Å². The highest BCUT2D eigenvalue weighted by Crippen LogP contribution is 2.27. The first-order valence-electron chi connectivity index (χ1n) is 8.47. The van der Waals surface area contributed by atoms with Gasteiger partial charge in [0, 0.05) is 13.1 Å². The van der Waals surface area contributed by atoms with Crippen LogP contribution in [0.25, 0.3) is 11.3 Å². The first kappa shape index (κ1) is 16.7. The Morgan fingerprint density at radius 3 is 2.71 bits per heavy atom. The number of carbonyl (C=O) groups excluding carboxylic acids is 1. The van der Waals surface area contributed by atoms with Crippen LogP contribution in [0.4, 0.5) is 4.39 Å². The van der Waals surface area contributed by atoms with Crippen molar-refractivity contribution in [3.63, 3.8) is 0 Å². The van der Waals surface area contributed by atoms with Crippen molar-refractivity contribution >= 4 is 5.91 Å². The molecule has 0 radical (unpaired) electrons. The van der Waals surface area contributed by atoms with E-state index in [0.29, 0.717) is 17.2 Å². The van der Waals surface area contributed by atoms with Crippen molar-refractivity contribution in [3.05, 3.63) is 48.0 Å². The average molecular weight is 330 g/mol. The Morgan fingerprint density at radius 1 is 1.25 bits per heavy atom. The van der Waals surface area contributed by atoms with E-state index in [2.05, 4.69) is 5.32 Å². The molecule has 1 saturated heterocycles. The largest absolute Gasteiger partial charge is 0.451 e. The van der Waals surface area contributed by atoms with Gasteiger partial charge in [-0.2, -0.15) is 0 Å². The Kier molecular flexibility index (Phi) is 5.30. The van der Waals surface area contributed by atoms with Crippen molar-refractivity contribution < 1.29 is 13.6 Å². The molecule has 0 atom stereocenters. The summed E-state index contributed by atoms with van der Waals surface area (Å²) in [6, 6.07) is 9.71. The van der Waals surface area contributed by atoms with Crippen molar-refractivity contribution in [1.29, 1.82) is 0 Å². The summed E-state index contributed by atoms with van der Waals surface area (Å²) in [6.07, 6.45) is 3.19. The fourth-order valence-electron chi connectivity index (χ4n) is 3.19. The molecule has 128 valence electrons. The van der Waals surface area contributed by atoms with Gasteiger partial charge in [-0.3, -0.25) is 4.79 Å². The van der Waals surface area contributed by atoms with Crippen molar-refractivity contribution in [2.45, 2.75) is 19.3 Å². The van der Waals surface area contributed by atoms with E-state index in [4.69, 9.17) is 4.42 Å². The molecule has 1 fully saturated rings. The van der Waals surface area contributed by atoms with E-state index in [1.54, 1.807) is 30.3 Å². The third kappa shape index (κ3) is 3.67. The van der Waals surface area contributed by atoms with Crippen LogP contribution in [0.15, 0.2) is 40.8 Å². The van der Waals surface area contributed by atoms with Crippen LogP contribution in [0, 0.1) is 11.7 Å². The molecule has 4 nitrogen and oxygen atoms in total. The zero-order valence-electron chi connectivity index (χ0n) is 13.9. The maximum Gasteiger partial charge on any atom is 0.289 e. The molecule has 5 heteroatoms. The van der Waals surface area contributed by atoms with Crippen molar-refractivity contribution in [2.24, 2.45) is 5.92 Å². The number of benzene rings is 1. The predicted molar refractivity (Wildman–Crippen MR) is 91.3 cm³/mol. The normalized spacial score (nSPS) is 15.7. The molecule has 1 aromatic heterocycles. The van der Waals surface area contributed by atoms with Crippen LogP contribution >= 0.6 is 0 Å². The van der Waals surface area contributed by atoms with Gasteiger partial charge < -0.3 is 14.6 Å². The molecule has 1 N–H and O–H groups in total. The monoisotopic (exact) mass is 330 g/mol. The van der Waals surface area contributed by atoms with Gasteiger partial charge in [-0.05, 0) is 63.0 Å². The lowest BCUT2D eigenvalue weighted by molar-refractivity contribution is 0.0656. The molecule has 0 aliphatic carbocycles. The second-order valence-electron chi connectivity index (χ2n) is 6.27. The molecule has 1 aromatic carbocycles. The number of rotatable bonds is 5. The second-order valence-corrected chi connectivity index (χ2v) is 6.27. The maximum absolute atomic E-state index is 13.8. The topological polar surface area (TPSA) is 45.5 Å². The maximum atomic E-state index is 13.8. The first-order chi connectivity index (χ1) is 11.7. The molecule has 1 aliphatic rings. The molecule has 0 spiro atoms. The summed E-state index contributed by atoms with van der Waals surface area (Å²) in [7, 11) is 1.96. The molecule has 1 amide bonds. The molecule has 0 saturated carbocycles. The van der Waals surface area contributed by atoms with Gasteiger partial charge in [0.25, 0.3) is 5.91 Å². The van der Waals surface area contributed by atoms with Crippen LogP contribution in [0.2, 0.25) is 0 Å². The van der Waals surface area contributed by atoms with Gasteiger partial charge in [0.2, 0.25) is 0 Å². The molecule has 24 heavy (non-hydrogen) atoms. The lowest BCUT2D eigenvalue weighted by Gasteiger charge is -2.31. The van der Waals surface area contributed by atoms with Crippen LogP contribution in [0.3, 0.4) is 0 Å². The summed E-state index contributed by atoms with van der Waals surface area (Å²) in [5.41, 5.74) is 0.377. The number of hydrogen-bond donors (Lipinski definition) is 1. The van der Waals surface area contributed by atoms with Gasteiger partial charge >= 0.3 is 0 Å².